The monoisotopic (exact) mass is 308 g/mol. The van der Waals surface area contributed by atoms with Gasteiger partial charge in [0.05, 0.1) is 6.61 Å². The van der Waals surface area contributed by atoms with Crippen molar-refractivity contribution in [1.82, 2.24) is 0 Å². The fraction of sp³-hybridized carbons (Fsp3) is 0.143. The molecule has 0 spiro atoms. The molecule has 1 nitrogen and oxygen atoms in total. The molecule has 0 radical (unpaired) electrons. The SMILES string of the molecule is OCc1cccc(SCc2ccc(Br)cc2)c1. The second kappa shape index (κ2) is 6.24. The van der Waals surface area contributed by atoms with Crippen molar-refractivity contribution in [3.63, 3.8) is 0 Å². The normalized spacial score (nSPS) is 10.5. The zero-order valence-electron chi connectivity index (χ0n) is 9.27. The van der Waals surface area contributed by atoms with Crippen LogP contribution in [0, 0.1) is 0 Å². The minimum atomic E-state index is 0.104. The average Bonchev–Trinajstić information content (AvgIpc) is 2.38. The van der Waals surface area contributed by atoms with Crippen LogP contribution in [0.4, 0.5) is 0 Å². The number of aliphatic hydroxyl groups excluding tert-OH is 1. The highest BCUT2D eigenvalue weighted by Crippen LogP contribution is 2.24. The number of halogens is 1. The van der Waals surface area contributed by atoms with E-state index in [2.05, 4.69) is 46.3 Å². The van der Waals surface area contributed by atoms with Crippen molar-refractivity contribution in [2.24, 2.45) is 0 Å². The van der Waals surface area contributed by atoms with Crippen LogP contribution in [0.5, 0.6) is 0 Å². The van der Waals surface area contributed by atoms with E-state index in [0.717, 1.165) is 15.8 Å². The molecule has 0 saturated heterocycles. The van der Waals surface area contributed by atoms with Crippen molar-refractivity contribution in [3.05, 3.63) is 64.1 Å². The van der Waals surface area contributed by atoms with Crippen LogP contribution in [-0.2, 0) is 12.4 Å². The zero-order chi connectivity index (χ0) is 12.1. The van der Waals surface area contributed by atoms with Crippen molar-refractivity contribution >= 4 is 27.7 Å². The van der Waals surface area contributed by atoms with E-state index in [9.17, 15) is 0 Å². The first-order valence-electron chi connectivity index (χ1n) is 5.35. The van der Waals surface area contributed by atoms with Gasteiger partial charge < -0.3 is 5.11 Å². The van der Waals surface area contributed by atoms with E-state index in [1.807, 2.05) is 18.2 Å². The van der Waals surface area contributed by atoms with Crippen LogP contribution < -0.4 is 0 Å². The van der Waals surface area contributed by atoms with E-state index in [-0.39, 0.29) is 6.61 Å². The Hall–Kier alpha value is -0.770. The third-order valence-corrected chi connectivity index (χ3v) is 3.99. The van der Waals surface area contributed by atoms with Crippen LogP contribution in [0.3, 0.4) is 0 Å². The lowest BCUT2D eigenvalue weighted by molar-refractivity contribution is 0.281. The van der Waals surface area contributed by atoms with Crippen molar-refractivity contribution in [1.29, 1.82) is 0 Å². The van der Waals surface area contributed by atoms with Gasteiger partial charge in [0.15, 0.2) is 0 Å². The summed E-state index contributed by atoms with van der Waals surface area (Å²) in [4.78, 5) is 1.19. The predicted octanol–water partition coefficient (Wildman–Crippen LogP) is 4.23. The smallest absolute Gasteiger partial charge is 0.0682 e. The van der Waals surface area contributed by atoms with Crippen molar-refractivity contribution in [2.75, 3.05) is 0 Å². The van der Waals surface area contributed by atoms with Gasteiger partial charge in [-0.05, 0) is 35.4 Å². The summed E-state index contributed by atoms with van der Waals surface area (Å²) in [6.45, 7) is 0.104. The minimum Gasteiger partial charge on any atom is -0.392 e. The van der Waals surface area contributed by atoms with Gasteiger partial charge in [0.2, 0.25) is 0 Å². The predicted molar refractivity (Wildman–Crippen MR) is 76.1 cm³/mol. The van der Waals surface area contributed by atoms with E-state index in [0.29, 0.717) is 0 Å². The Morgan fingerprint density at radius 2 is 1.76 bits per heavy atom. The lowest BCUT2D eigenvalue weighted by Crippen LogP contribution is -1.84. The molecule has 0 aliphatic rings. The Labute approximate surface area is 114 Å². The third kappa shape index (κ3) is 3.87. The molecule has 0 aromatic heterocycles. The fourth-order valence-electron chi connectivity index (χ4n) is 1.48. The molecular formula is C14H13BrOS. The number of hydrogen-bond donors (Lipinski definition) is 1. The summed E-state index contributed by atoms with van der Waals surface area (Å²) < 4.78 is 1.11. The summed E-state index contributed by atoms with van der Waals surface area (Å²) in [5.41, 5.74) is 2.26. The second-order valence-corrected chi connectivity index (χ2v) is 5.69. The summed E-state index contributed by atoms with van der Waals surface area (Å²) in [5.74, 6) is 0.947. The molecule has 3 heteroatoms. The number of benzene rings is 2. The molecule has 17 heavy (non-hydrogen) atoms. The second-order valence-electron chi connectivity index (χ2n) is 3.72. The summed E-state index contributed by atoms with van der Waals surface area (Å²) >= 11 is 5.21. The molecule has 1 N–H and O–H groups in total. The lowest BCUT2D eigenvalue weighted by atomic mass is 10.2. The average molecular weight is 309 g/mol. The highest BCUT2D eigenvalue weighted by molar-refractivity contribution is 9.10. The van der Waals surface area contributed by atoms with Crippen LogP contribution in [0.2, 0.25) is 0 Å². The molecule has 0 atom stereocenters. The summed E-state index contributed by atoms with van der Waals surface area (Å²) in [6.07, 6.45) is 0. The van der Waals surface area contributed by atoms with Crippen LogP contribution >= 0.6 is 27.7 Å². The van der Waals surface area contributed by atoms with Crippen LogP contribution in [0.15, 0.2) is 57.9 Å². The maximum absolute atomic E-state index is 9.06. The molecule has 0 heterocycles. The number of rotatable bonds is 4. The quantitative estimate of drug-likeness (QED) is 0.853. The topological polar surface area (TPSA) is 20.2 Å². The largest absolute Gasteiger partial charge is 0.392 e. The molecular weight excluding hydrogens is 296 g/mol. The highest BCUT2D eigenvalue weighted by atomic mass is 79.9. The maximum atomic E-state index is 9.06. The van der Waals surface area contributed by atoms with Crippen LogP contribution in [0.25, 0.3) is 0 Å². The van der Waals surface area contributed by atoms with Gasteiger partial charge in [0.25, 0.3) is 0 Å². The Bertz CT molecular complexity index is 482. The Balaban J connectivity index is 1.99. The van der Waals surface area contributed by atoms with E-state index in [4.69, 9.17) is 5.11 Å². The molecule has 0 aliphatic heterocycles. The van der Waals surface area contributed by atoms with Crippen LogP contribution in [-0.4, -0.2) is 5.11 Å². The zero-order valence-corrected chi connectivity index (χ0v) is 11.7. The van der Waals surface area contributed by atoms with Gasteiger partial charge >= 0.3 is 0 Å². The van der Waals surface area contributed by atoms with E-state index >= 15 is 0 Å². The summed E-state index contributed by atoms with van der Waals surface area (Å²) in [7, 11) is 0. The molecule has 0 bridgehead atoms. The molecule has 0 amide bonds. The first kappa shape index (κ1) is 12.7. The molecule has 0 unspecified atom stereocenters. The first-order valence-corrected chi connectivity index (χ1v) is 7.13. The van der Waals surface area contributed by atoms with E-state index in [1.54, 1.807) is 11.8 Å². The number of hydrogen-bond acceptors (Lipinski definition) is 2. The molecule has 0 fully saturated rings. The molecule has 0 aliphatic carbocycles. The molecule has 2 rings (SSSR count). The van der Waals surface area contributed by atoms with Crippen molar-refractivity contribution in [3.8, 4) is 0 Å². The molecule has 2 aromatic carbocycles. The first-order chi connectivity index (χ1) is 8.28. The van der Waals surface area contributed by atoms with E-state index < -0.39 is 0 Å². The van der Waals surface area contributed by atoms with Gasteiger partial charge in [0.1, 0.15) is 0 Å². The van der Waals surface area contributed by atoms with Crippen molar-refractivity contribution < 1.29 is 5.11 Å². The Morgan fingerprint density at radius 1 is 1.00 bits per heavy atom. The Morgan fingerprint density at radius 3 is 2.47 bits per heavy atom. The fourth-order valence-corrected chi connectivity index (χ4v) is 2.68. The van der Waals surface area contributed by atoms with Gasteiger partial charge in [-0.1, -0.05) is 40.2 Å². The third-order valence-electron chi connectivity index (χ3n) is 2.40. The highest BCUT2D eigenvalue weighted by Gasteiger charge is 1.98. The van der Waals surface area contributed by atoms with Gasteiger partial charge in [-0.3, -0.25) is 0 Å². The lowest BCUT2D eigenvalue weighted by Gasteiger charge is -2.04. The minimum absolute atomic E-state index is 0.104. The van der Waals surface area contributed by atoms with Crippen LogP contribution in [0.1, 0.15) is 11.1 Å². The summed E-state index contributed by atoms with van der Waals surface area (Å²) in [6, 6.07) is 16.4. The molecule has 2 aromatic rings. The van der Waals surface area contributed by atoms with E-state index in [1.165, 1.54) is 10.5 Å². The maximum Gasteiger partial charge on any atom is 0.0682 e. The molecule has 88 valence electrons. The standard InChI is InChI=1S/C14H13BrOS/c15-13-6-4-11(5-7-13)10-17-14-3-1-2-12(8-14)9-16/h1-8,16H,9-10H2. The molecule has 0 saturated carbocycles. The number of aliphatic hydroxyl groups is 1. The summed E-state index contributed by atoms with van der Waals surface area (Å²) in [5, 5.41) is 9.06. The van der Waals surface area contributed by atoms with Crippen molar-refractivity contribution in [2.45, 2.75) is 17.3 Å². The van der Waals surface area contributed by atoms with Gasteiger partial charge in [0, 0.05) is 15.1 Å². The van der Waals surface area contributed by atoms with Gasteiger partial charge in [-0.15, -0.1) is 11.8 Å². The number of thioether (sulfide) groups is 1. The Kier molecular flexibility index (Phi) is 4.66. The van der Waals surface area contributed by atoms with Gasteiger partial charge in [-0.2, -0.15) is 0 Å². The van der Waals surface area contributed by atoms with Gasteiger partial charge in [-0.25, -0.2) is 0 Å².